The zero-order chi connectivity index (χ0) is 24.6. The standard InChI is InChI=1S/C25H26ClN5O4/c26-20-6-9-22(10-7-20)35-18-25(32)28-21-8-11-24(27-16-21)30-13-3-12-29(14-15-30)17-19-4-1-2-5-23(19)31(33)34/h1-2,4-11,16H,3,12-15,17-18H2,(H,28,32). The van der Waals surface area contributed by atoms with Gasteiger partial charge in [0, 0.05) is 49.4 Å². The first-order valence-corrected chi connectivity index (χ1v) is 11.7. The number of aromatic nitrogens is 1. The van der Waals surface area contributed by atoms with Crippen molar-refractivity contribution in [1.82, 2.24) is 9.88 Å². The normalized spacial score (nSPS) is 14.3. The number of para-hydroxylation sites is 1. The van der Waals surface area contributed by atoms with Crippen molar-refractivity contribution in [2.24, 2.45) is 0 Å². The molecule has 1 aliphatic rings. The van der Waals surface area contributed by atoms with Crippen LogP contribution >= 0.6 is 11.6 Å². The van der Waals surface area contributed by atoms with Gasteiger partial charge in [0.15, 0.2) is 6.61 Å². The summed E-state index contributed by atoms with van der Waals surface area (Å²) < 4.78 is 5.46. The van der Waals surface area contributed by atoms with Crippen molar-refractivity contribution in [3.05, 3.63) is 87.6 Å². The number of halogens is 1. The molecule has 0 aliphatic carbocycles. The maximum atomic E-state index is 12.2. The summed E-state index contributed by atoms with van der Waals surface area (Å²) in [6, 6.07) is 17.4. The highest BCUT2D eigenvalue weighted by Gasteiger charge is 2.20. The molecule has 10 heteroatoms. The highest BCUT2D eigenvalue weighted by Crippen LogP contribution is 2.22. The molecule has 1 saturated heterocycles. The minimum absolute atomic E-state index is 0.120. The summed E-state index contributed by atoms with van der Waals surface area (Å²) in [5.41, 5.74) is 1.47. The average molecular weight is 496 g/mol. The molecule has 4 rings (SSSR count). The second-order valence-corrected chi connectivity index (χ2v) is 8.63. The topological polar surface area (TPSA) is 101 Å². The van der Waals surface area contributed by atoms with Gasteiger partial charge in [0.2, 0.25) is 0 Å². The van der Waals surface area contributed by atoms with Crippen LogP contribution in [0.2, 0.25) is 5.02 Å². The summed E-state index contributed by atoms with van der Waals surface area (Å²) in [7, 11) is 0. The van der Waals surface area contributed by atoms with E-state index in [0.29, 0.717) is 23.0 Å². The molecule has 0 saturated carbocycles. The number of nitrogens with zero attached hydrogens (tertiary/aromatic N) is 4. The van der Waals surface area contributed by atoms with Gasteiger partial charge < -0.3 is 15.0 Å². The number of rotatable bonds is 8. The number of ether oxygens (including phenoxy) is 1. The summed E-state index contributed by atoms with van der Waals surface area (Å²) in [5.74, 6) is 1.11. The molecule has 1 fully saturated rings. The zero-order valence-corrected chi connectivity index (χ0v) is 19.9. The number of anilines is 2. The van der Waals surface area contributed by atoms with Gasteiger partial charge in [0.05, 0.1) is 16.8 Å². The summed E-state index contributed by atoms with van der Waals surface area (Å²) in [5, 5.41) is 14.7. The van der Waals surface area contributed by atoms with E-state index in [4.69, 9.17) is 16.3 Å². The molecule has 1 aromatic heterocycles. The van der Waals surface area contributed by atoms with Crippen LogP contribution in [0.25, 0.3) is 0 Å². The Hall–Kier alpha value is -3.69. The maximum Gasteiger partial charge on any atom is 0.273 e. The predicted octanol–water partition coefficient (Wildman–Crippen LogP) is 4.37. The number of carbonyl (C=O) groups is 1. The molecule has 1 amide bonds. The summed E-state index contributed by atoms with van der Waals surface area (Å²) in [6.45, 7) is 3.64. The van der Waals surface area contributed by atoms with Gasteiger partial charge in [0.1, 0.15) is 11.6 Å². The number of nitrogens with one attached hydrogen (secondary N) is 1. The largest absolute Gasteiger partial charge is 0.484 e. The van der Waals surface area contributed by atoms with E-state index in [1.165, 1.54) is 0 Å². The minimum Gasteiger partial charge on any atom is -0.484 e. The molecule has 2 heterocycles. The van der Waals surface area contributed by atoms with Crippen LogP contribution in [0, 0.1) is 10.1 Å². The molecule has 0 radical (unpaired) electrons. The highest BCUT2D eigenvalue weighted by molar-refractivity contribution is 6.30. The lowest BCUT2D eigenvalue weighted by atomic mass is 10.1. The second-order valence-electron chi connectivity index (χ2n) is 8.20. The van der Waals surface area contributed by atoms with Crippen LogP contribution in [-0.4, -0.2) is 53.5 Å². The van der Waals surface area contributed by atoms with Gasteiger partial charge in [-0.15, -0.1) is 0 Å². The number of amides is 1. The second kappa shape index (κ2) is 11.6. The van der Waals surface area contributed by atoms with E-state index in [2.05, 4.69) is 20.1 Å². The van der Waals surface area contributed by atoms with Crippen LogP contribution in [0.1, 0.15) is 12.0 Å². The number of benzene rings is 2. The molecular weight excluding hydrogens is 470 g/mol. The molecule has 0 unspecified atom stereocenters. The molecule has 1 N–H and O–H groups in total. The molecular formula is C25H26ClN5O4. The van der Waals surface area contributed by atoms with Gasteiger partial charge in [-0.3, -0.25) is 19.8 Å². The van der Waals surface area contributed by atoms with Gasteiger partial charge in [-0.1, -0.05) is 29.8 Å². The molecule has 0 bridgehead atoms. The minimum atomic E-state index is -0.326. The Balaban J connectivity index is 1.28. The number of hydrogen-bond donors (Lipinski definition) is 1. The lowest BCUT2D eigenvalue weighted by molar-refractivity contribution is -0.385. The number of pyridine rings is 1. The Kier molecular flexibility index (Phi) is 8.12. The quantitative estimate of drug-likeness (QED) is 0.365. The molecule has 182 valence electrons. The summed E-state index contributed by atoms with van der Waals surface area (Å²) in [4.78, 5) is 32.1. The molecule has 2 aromatic carbocycles. The lowest BCUT2D eigenvalue weighted by Crippen LogP contribution is -2.31. The van der Waals surface area contributed by atoms with Crippen molar-refractivity contribution in [2.45, 2.75) is 13.0 Å². The molecule has 3 aromatic rings. The van der Waals surface area contributed by atoms with Crippen LogP contribution in [0.4, 0.5) is 17.2 Å². The van der Waals surface area contributed by atoms with E-state index in [1.807, 2.05) is 24.3 Å². The van der Waals surface area contributed by atoms with Crippen LogP contribution in [-0.2, 0) is 11.3 Å². The Morgan fingerprint density at radius 2 is 1.86 bits per heavy atom. The fraction of sp³-hybridized carbons (Fsp3) is 0.280. The van der Waals surface area contributed by atoms with Crippen LogP contribution in [0.3, 0.4) is 0 Å². The van der Waals surface area contributed by atoms with Crippen LogP contribution in [0.15, 0.2) is 66.9 Å². The average Bonchev–Trinajstić information content (AvgIpc) is 3.10. The molecule has 1 aliphatic heterocycles. The predicted molar refractivity (Wildman–Crippen MR) is 135 cm³/mol. The number of nitro groups is 1. The van der Waals surface area contributed by atoms with Crippen molar-refractivity contribution < 1.29 is 14.5 Å². The molecule has 0 atom stereocenters. The fourth-order valence-electron chi connectivity index (χ4n) is 3.95. The van der Waals surface area contributed by atoms with E-state index in [0.717, 1.165) is 44.0 Å². The summed E-state index contributed by atoms with van der Waals surface area (Å²) >= 11 is 5.85. The van der Waals surface area contributed by atoms with E-state index >= 15 is 0 Å². The first-order valence-electron chi connectivity index (χ1n) is 11.3. The Morgan fingerprint density at radius 1 is 1.06 bits per heavy atom. The third-order valence-corrected chi connectivity index (χ3v) is 5.96. The van der Waals surface area contributed by atoms with Crippen molar-refractivity contribution in [2.75, 3.05) is 43.0 Å². The first-order chi connectivity index (χ1) is 17.0. The monoisotopic (exact) mass is 495 g/mol. The van der Waals surface area contributed by atoms with Gasteiger partial charge in [-0.2, -0.15) is 0 Å². The third-order valence-electron chi connectivity index (χ3n) is 5.71. The van der Waals surface area contributed by atoms with Gasteiger partial charge in [-0.25, -0.2) is 4.98 Å². The van der Waals surface area contributed by atoms with E-state index in [1.54, 1.807) is 42.6 Å². The Bertz CT molecular complexity index is 1160. The van der Waals surface area contributed by atoms with Crippen LogP contribution < -0.4 is 15.0 Å². The van der Waals surface area contributed by atoms with Crippen molar-refractivity contribution in [3.8, 4) is 5.75 Å². The number of hydrogen-bond acceptors (Lipinski definition) is 7. The smallest absolute Gasteiger partial charge is 0.273 e. The Labute approximate surface area is 208 Å². The van der Waals surface area contributed by atoms with Gasteiger partial charge in [0.25, 0.3) is 11.6 Å². The molecule has 0 spiro atoms. The molecule has 35 heavy (non-hydrogen) atoms. The fourth-order valence-corrected chi connectivity index (χ4v) is 4.07. The van der Waals surface area contributed by atoms with Crippen molar-refractivity contribution >= 4 is 34.7 Å². The number of carbonyl (C=O) groups excluding carboxylic acids is 1. The first kappa shape index (κ1) is 24.4. The highest BCUT2D eigenvalue weighted by atomic mass is 35.5. The summed E-state index contributed by atoms with van der Waals surface area (Å²) in [6.07, 6.45) is 2.55. The van der Waals surface area contributed by atoms with E-state index < -0.39 is 0 Å². The van der Waals surface area contributed by atoms with E-state index in [9.17, 15) is 14.9 Å². The lowest BCUT2D eigenvalue weighted by Gasteiger charge is -2.23. The Morgan fingerprint density at radius 3 is 2.60 bits per heavy atom. The molecule has 9 nitrogen and oxygen atoms in total. The van der Waals surface area contributed by atoms with Crippen LogP contribution in [0.5, 0.6) is 5.75 Å². The van der Waals surface area contributed by atoms with Crippen molar-refractivity contribution in [3.63, 3.8) is 0 Å². The number of nitro benzene ring substituents is 1. The maximum absolute atomic E-state index is 12.2. The van der Waals surface area contributed by atoms with Crippen molar-refractivity contribution in [1.29, 1.82) is 0 Å². The van der Waals surface area contributed by atoms with Gasteiger partial charge >= 0.3 is 0 Å². The third kappa shape index (κ3) is 6.91. The zero-order valence-electron chi connectivity index (χ0n) is 19.1. The van der Waals surface area contributed by atoms with E-state index in [-0.39, 0.29) is 23.1 Å². The SMILES string of the molecule is O=C(COc1ccc(Cl)cc1)Nc1ccc(N2CCCN(Cc3ccccc3[N+](=O)[O-])CC2)nc1. The van der Waals surface area contributed by atoms with Gasteiger partial charge in [-0.05, 0) is 42.8 Å².